The smallest absolute Gasteiger partial charge is 0.394 e. The van der Waals surface area contributed by atoms with Gasteiger partial charge >= 0.3 is 12.4 Å². The predicted octanol–water partition coefficient (Wildman–Crippen LogP) is 9.34. The Balaban J connectivity index is 1.33. The van der Waals surface area contributed by atoms with Crippen LogP contribution < -0.4 is 0 Å². The molecular weight excluding hydrogens is 554 g/mol. The number of phenolic OH excluding ortho intramolecular Hbond substituents is 2. The molecule has 8 aliphatic rings. The van der Waals surface area contributed by atoms with E-state index in [2.05, 4.69) is 0 Å². The van der Waals surface area contributed by atoms with Gasteiger partial charge in [-0.2, -0.15) is 26.3 Å². The molecular formula is C34H36F6O2. The van der Waals surface area contributed by atoms with Crippen LogP contribution in [0.5, 0.6) is 11.5 Å². The third-order valence-electron chi connectivity index (χ3n) is 13.4. The molecule has 0 amide bonds. The van der Waals surface area contributed by atoms with Gasteiger partial charge in [0, 0.05) is 0 Å². The van der Waals surface area contributed by atoms with Gasteiger partial charge in [-0.25, -0.2) is 0 Å². The van der Waals surface area contributed by atoms with Crippen LogP contribution in [-0.2, 0) is 10.8 Å². The monoisotopic (exact) mass is 590 g/mol. The van der Waals surface area contributed by atoms with E-state index in [0.29, 0.717) is 38.5 Å². The molecule has 8 aliphatic carbocycles. The summed E-state index contributed by atoms with van der Waals surface area (Å²) in [5.74, 6) is -0.298. The lowest BCUT2D eigenvalue weighted by Gasteiger charge is -2.77. The molecule has 8 saturated carbocycles. The molecule has 2 aromatic rings. The molecule has 8 fully saturated rings. The Labute approximate surface area is 241 Å². The molecule has 0 saturated heterocycles. The third-order valence-corrected chi connectivity index (χ3v) is 13.4. The maximum atomic E-state index is 15.3. The van der Waals surface area contributed by atoms with E-state index in [1.54, 1.807) is 24.3 Å². The number of aromatic hydroxyl groups is 2. The van der Waals surface area contributed by atoms with Crippen LogP contribution in [-0.4, -0.2) is 22.6 Å². The Bertz CT molecular complexity index is 1320. The Morgan fingerprint density at radius 1 is 0.476 bits per heavy atom. The molecule has 8 bridgehead atoms. The zero-order chi connectivity index (χ0) is 29.6. The lowest BCUT2D eigenvalue weighted by molar-refractivity contribution is -0.344. The van der Waals surface area contributed by atoms with Crippen molar-refractivity contribution in [2.75, 3.05) is 0 Å². The van der Waals surface area contributed by atoms with Crippen molar-refractivity contribution in [2.24, 2.45) is 33.5 Å². The van der Waals surface area contributed by atoms with Gasteiger partial charge in [-0.1, -0.05) is 24.3 Å². The molecule has 8 atom stereocenters. The van der Waals surface area contributed by atoms with Crippen molar-refractivity contribution in [3.63, 3.8) is 0 Å². The van der Waals surface area contributed by atoms with E-state index < -0.39 is 44.8 Å². The number of hydrogen-bond donors (Lipinski definition) is 2. The van der Waals surface area contributed by atoms with Gasteiger partial charge in [-0.05, 0) is 146 Å². The second kappa shape index (κ2) is 7.82. The van der Waals surface area contributed by atoms with Crippen LogP contribution in [0.2, 0.25) is 0 Å². The van der Waals surface area contributed by atoms with Crippen LogP contribution in [0.1, 0.15) is 88.2 Å². The summed E-state index contributed by atoms with van der Waals surface area (Å²) in [6.07, 6.45) is -5.66. The van der Waals surface area contributed by atoms with Crippen LogP contribution >= 0.6 is 0 Å². The summed E-state index contributed by atoms with van der Waals surface area (Å²) in [6.45, 7) is 0. The van der Waals surface area contributed by atoms with Gasteiger partial charge in [-0.15, -0.1) is 0 Å². The highest BCUT2D eigenvalue weighted by atomic mass is 19.4. The minimum Gasteiger partial charge on any atom is -0.508 e. The first kappa shape index (κ1) is 27.2. The number of alkyl halides is 6. The number of halogens is 6. The molecule has 2 aromatic carbocycles. The lowest BCUT2D eigenvalue weighted by atomic mass is 9.27. The van der Waals surface area contributed by atoms with E-state index in [4.69, 9.17) is 0 Å². The van der Waals surface area contributed by atoms with Gasteiger partial charge in [0.1, 0.15) is 11.5 Å². The average molecular weight is 591 g/mol. The first-order valence-corrected chi connectivity index (χ1v) is 15.3. The summed E-state index contributed by atoms with van der Waals surface area (Å²) in [5, 5.41) is 20.0. The molecule has 0 spiro atoms. The van der Waals surface area contributed by atoms with Gasteiger partial charge in [-0.3, -0.25) is 0 Å². The molecule has 0 heterocycles. The Kier molecular flexibility index (Phi) is 5.06. The molecule has 2 N–H and O–H groups in total. The predicted molar refractivity (Wildman–Crippen MR) is 144 cm³/mol. The lowest BCUT2D eigenvalue weighted by Crippen LogP contribution is -2.72. The minimum atomic E-state index is -4.45. The molecule has 10 rings (SSSR count). The third kappa shape index (κ3) is 3.36. The molecule has 2 nitrogen and oxygen atoms in total. The fraction of sp³-hybridized carbons (Fsp3) is 0.647. The second-order valence-corrected chi connectivity index (χ2v) is 15.8. The molecule has 42 heavy (non-hydrogen) atoms. The number of rotatable bonds is 3. The summed E-state index contributed by atoms with van der Waals surface area (Å²) < 4.78 is 91.7. The van der Waals surface area contributed by atoms with E-state index in [-0.39, 0.29) is 61.9 Å². The van der Waals surface area contributed by atoms with Crippen LogP contribution in [0.25, 0.3) is 0 Å². The summed E-state index contributed by atoms with van der Waals surface area (Å²) in [6, 6.07) is 13.1. The number of phenols is 2. The Morgan fingerprint density at radius 3 is 1.17 bits per heavy atom. The molecule has 0 aliphatic heterocycles. The molecule has 0 aromatic heterocycles. The van der Waals surface area contributed by atoms with Crippen molar-refractivity contribution in [3.05, 3.63) is 59.7 Å². The van der Waals surface area contributed by atoms with Gasteiger partial charge in [0.05, 0.1) is 10.8 Å². The van der Waals surface area contributed by atoms with Gasteiger partial charge in [0.2, 0.25) is 0 Å². The second-order valence-electron chi connectivity index (χ2n) is 15.8. The zero-order valence-electron chi connectivity index (χ0n) is 23.4. The minimum absolute atomic E-state index is 0.0282. The fourth-order valence-corrected chi connectivity index (χ4v) is 13.0. The highest BCUT2D eigenvalue weighted by molar-refractivity contribution is 5.40. The first-order valence-electron chi connectivity index (χ1n) is 15.3. The van der Waals surface area contributed by atoms with Gasteiger partial charge in [0.25, 0.3) is 0 Å². The van der Waals surface area contributed by atoms with Gasteiger partial charge in [0.15, 0.2) is 0 Å². The summed E-state index contributed by atoms with van der Waals surface area (Å²) >= 11 is 0. The van der Waals surface area contributed by atoms with Crippen LogP contribution in [0.15, 0.2) is 48.5 Å². The quantitative estimate of drug-likeness (QED) is 0.350. The van der Waals surface area contributed by atoms with Crippen molar-refractivity contribution in [1.82, 2.24) is 0 Å². The summed E-state index contributed by atoms with van der Waals surface area (Å²) in [5.41, 5.74) is -5.51. The zero-order valence-corrected chi connectivity index (χ0v) is 23.4. The molecule has 8 heteroatoms. The highest BCUT2D eigenvalue weighted by Gasteiger charge is 2.80. The maximum Gasteiger partial charge on any atom is 0.394 e. The molecule has 226 valence electrons. The number of hydrogen-bond acceptors (Lipinski definition) is 2. The van der Waals surface area contributed by atoms with Crippen molar-refractivity contribution in [1.29, 1.82) is 0 Å². The fourth-order valence-electron chi connectivity index (χ4n) is 13.0. The van der Waals surface area contributed by atoms with E-state index in [1.165, 1.54) is 24.3 Å². The van der Waals surface area contributed by atoms with E-state index in [0.717, 1.165) is 11.1 Å². The van der Waals surface area contributed by atoms with Crippen LogP contribution in [0.3, 0.4) is 0 Å². The van der Waals surface area contributed by atoms with Gasteiger partial charge < -0.3 is 10.2 Å². The van der Waals surface area contributed by atoms with Crippen molar-refractivity contribution < 1.29 is 36.6 Å². The highest BCUT2D eigenvalue weighted by Crippen LogP contribution is 2.84. The van der Waals surface area contributed by atoms with Crippen molar-refractivity contribution >= 4 is 0 Å². The van der Waals surface area contributed by atoms with Crippen molar-refractivity contribution in [3.8, 4) is 11.5 Å². The Hall–Kier alpha value is -2.38. The number of benzene rings is 2. The Morgan fingerprint density at radius 2 is 0.833 bits per heavy atom. The van der Waals surface area contributed by atoms with E-state index in [9.17, 15) is 10.2 Å². The average Bonchev–Trinajstić information content (AvgIpc) is 2.86. The molecule has 0 radical (unpaired) electrons. The first-order chi connectivity index (χ1) is 19.6. The summed E-state index contributed by atoms with van der Waals surface area (Å²) in [4.78, 5) is 0. The van der Waals surface area contributed by atoms with E-state index in [1.807, 2.05) is 0 Å². The van der Waals surface area contributed by atoms with E-state index >= 15 is 26.3 Å². The topological polar surface area (TPSA) is 40.5 Å². The maximum absolute atomic E-state index is 15.3. The summed E-state index contributed by atoms with van der Waals surface area (Å²) in [7, 11) is 0. The molecule has 8 unspecified atom stereocenters. The van der Waals surface area contributed by atoms with Crippen molar-refractivity contribution in [2.45, 2.75) is 100 Å². The SMILES string of the molecule is Oc1ccc(C23CC4CC(C(F)(F)F)(C2)CC(C25CC6CC(c7ccc(O)cc7)(CC(C(F)(F)F)(C6)C2)C5)(C4)C3)cc1. The van der Waals surface area contributed by atoms with Crippen LogP contribution in [0.4, 0.5) is 26.3 Å². The normalized spacial score (nSPS) is 45.5. The standard InChI is InChI=1S/C34H36F6O2/c35-33(36,37)31-13-21-9-27(17-31,23-1-5-25(41)6-2-23)15-29(11-21,19-31)30-12-22-10-28(16-30,24-3-7-26(42)8-4-24)18-32(14-22,20-30)34(38,39)40/h1-8,21-22,41-42H,9-20H2. The largest absolute Gasteiger partial charge is 0.508 e. The van der Waals surface area contributed by atoms with Crippen LogP contribution in [0, 0.1) is 33.5 Å².